The lowest BCUT2D eigenvalue weighted by atomic mass is 9.75. The SMILES string of the molecule is CN(c1cnc(-c2ccc(-c3cn[nH]c3)cc2O)nn1)[C@H]1C[C@@H]2CCC[C@@H](N2)[C@H]1C(F)(F)F. The molecule has 11 heteroatoms. The molecule has 0 saturated carbocycles. The number of aromatic amines is 1. The molecule has 4 atom stereocenters. The number of nitrogens with zero attached hydrogens (tertiary/aromatic N) is 5. The summed E-state index contributed by atoms with van der Waals surface area (Å²) < 4.78 is 41.9. The van der Waals surface area contributed by atoms with Crippen LogP contribution in [-0.2, 0) is 0 Å². The lowest BCUT2D eigenvalue weighted by Gasteiger charge is -2.49. The van der Waals surface area contributed by atoms with Crippen molar-refractivity contribution >= 4 is 5.82 Å². The van der Waals surface area contributed by atoms with E-state index >= 15 is 0 Å². The number of piperidine rings is 2. The fourth-order valence-electron chi connectivity index (χ4n) is 5.11. The van der Waals surface area contributed by atoms with E-state index in [4.69, 9.17) is 0 Å². The van der Waals surface area contributed by atoms with E-state index in [1.54, 1.807) is 42.5 Å². The quantitative estimate of drug-likeness (QED) is 0.549. The highest BCUT2D eigenvalue weighted by molar-refractivity contribution is 5.72. The van der Waals surface area contributed by atoms with Gasteiger partial charge in [-0.3, -0.25) is 5.10 Å². The van der Waals surface area contributed by atoms with Crippen molar-refractivity contribution in [1.29, 1.82) is 0 Å². The van der Waals surface area contributed by atoms with Crippen molar-refractivity contribution in [2.45, 2.75) is 50.0 Å². The Labute approximate surface area is 188 Å². The third kappa shape index (κ3) is 4.12. The molecule has 2 saturated heterocycles. The molecule has 5 rings (SSSR count). The number of hydrogen-bond acceptors (Lipinski definition) is 7. The molecule has 0 unspecified atom stereocenters. The second kappa shape index (κ2) is 8.29. The Hall–Kier alpha value is -3.21. The number of alkyl halides is 3. The number of phenolic OH excluding ortho intramolecular Hbond substituents is 1. The number of hydrogen-bond donors (Lipinski definition) is 3. The molecule has 0 aliphatic carbocycles. The Kier molecular flexibility index (Phi) is 5.43. The molecule has 2 aliphatic heterocycles. The van der Waals surface area contributed by atoms with Crippen molar-refractivity contribution in [2.24, 2.45) is 5.92 Å². The van der Waals surface area contributed by atoms with Gasteiger partial charge in [0.25, 0.3) is 0 Å². The van der Waals surface area contributed by atoms with E-state index in [0.717, 1.165) is 24.0 Å². The second-order valence-electron chi connectivity index (χ2n) is 8.74. The van der Waals surface area contributed by atoms with Gasteiger partial charge in [0, 0.05) is 36.9 Å². The number of rotatable bonds is 4. The van der Waals surface area contributed by atoms with Gasteiger partial charge in [0.1, 0.15) is 5.75 Å². The maximum absolute atomic E-state index is 14.0. The van der Waals surface area contributed by atoms with Gasteiger partial charge in [0.05, 0.1) is 23.9 Å². The molecule has 3 aromatic rings. The number of halogens is 3. The number of phenols is 1. The predicted molar refractivity (Wildman–Crippen MR) is 115 cm³/mol. The van der Waals surface area contributed by atoms with E-state index in [9.17, 15) is 18.3 Å². The molecule has 0 radical (unpaired) electrons. The number of aromatic hydroxyl groups is 1. The number of anilines is 1. The number of nitrogens with one attached hydrogen (secondary N) is 2. The van der Waals surface area contributed by atoms with E-state index in [2.05, 4.69) is 30.7 Å². The smallest absolute Gasteiger partial charge is 0.395 e. The predicted octanol–water partition coefficient (Wildman–Crippen LogP) is 3.53. The number of benzene rings is 1. The molecule has 2 bridgehead atoms. The minimum Gasteiger partial charge on any atom is -0.507 e. The van der Waals surface area contributed by atoms with Crippen LogP contribution >= 0.6 is 0 Å². The summed E-state index contributed by atoms with van der Waals surface area (Å²) in [5, 5.41) is 28.5. The second-order valence-corrected chi connectivity index (χ2v) is 8.74. The molecule has 1 aromatic carbocycles. The Balaban J connectivity index is 1.39. The molecule has 4 heterocycles. The summed E-state index contributed by atoms with van der Waals surface area (Å²) in [6.45, 7) is 0. The first-order chi connectivity index (χ1) is 15.8. The summed E-state index contributed by atoms with van der Waals surface area (Å²) in [6, 6.07) is 3.78. The van der Waals surface area contributed by atoms with E-state index in [0.29, 0.717) is 18.4 Å². The Morgan fingerprint density at radius 1 is 1.12 bits per heavy atom. The molecule has 33 heavy (non-hydrogen) atoms. The standard InChI is InChI=1S/C22H24F3N7O/c1-32(17-8-14-3-2-4-16(29-14)20(17)22(23,24)25)19-11-26-21(31-30-19)15-6-5-12(7-18(15)33)13-9-27-28-10-13/h5-7,9-11,14,16-17,20,29,33H,2-4,8H2,1H3,(H,27,28)/t14-,16+,17-,20+/m0/s1. The van der Waals surface area contributed by atoms with Crippen molar-refractivity contribution in [3.63, 3.8) is 0 Å². The molecule has 2 aromatic heterocycles. The van der Waals surface area contributed by atoms with Crippen LogP contribution in [-0.4, -0.2) is 61.8 Å². The van der Waals surface area contributed by atoms with Crippen LogP contribution in [0.5, 0.6) is 5.75 Å². The van der Waals surface area contributed by atoms with Crippen LogP contribution in [0.15, 0.2) is 36.8 Å². The molecule has 0 spiro atoms. The van der Waals surface area contributed by atoms with Crippen molar-refractivity contribution in [3.05, 3.63) is 36.8 Å². The minimum atomic E-state index is -4.32. The maximum atomic E-state index is 14.0. The Morgan fingerprint density at radius 2 is 1.97 bits per heavy atom. The molecular formula is C22H24F3N7O. The fraction of sp³-hybridized carbons (Fsp3) is 0.455. The summed E-state index contributed by atoms with van der Waals surface area (Å²) >= 11 is 0. The topological polar surface area (TPSA) is 103 Å². The van der Waals surface area contributed by atoms with Crippen molar-refractivity contribution in [1.82, 2.24) is 30.7 Å². The van der Waals surface area contributed by atoms with Crippen LogP contribution in [0.25, 0.3) is 22.5 Å². The van der Waals surface area contributed by atoms with Gasteiger partial charge in [0.15, 0.2) is 11.6 Å². The minimum absolute atomic E-state index is 0.0279. The summed E-state index contributed by atoms with van der Waals surface area (Å²) in [4.78, 5) is 5.84. The average Bonchev–Trinajstić information content (AvgIpc) is 3.32. The van der Waals surface area contributed by atoms with Crippen LogP contribution in [0, 0.1) is 5.92 Å². The van der Waals surface area contributed by atoms with Gasteiger partial charge in [-0.2, -0.15) is 18.3 Å². The zero-order valence-electron chi connectivity index (χ0n) is 17.9. The lowest BCUT2D eigenvalue weighted by molar-refractivity contribution is -0.198. The van der Waals surface area contributed by atoms with E-state index in [-0.39, 0.29) is 23.4 Å². The van der Waals surface area contributed by atoms with Gasteiger partial charge in [-0.25, -0.2) is 4.98 Å². The molecule has 2 aliphatic rings. The van der Waals surface area contributed by atoms with E-state index in [1.165, 1.54) is 6.20 Å². The third-order valence-electron chi connectivity index (χ3n) is 6.75. The maximum Gasteiger partial charge on any atom is 0.395 e. The number of aromatic nitrogens is 5. The lowest BCUT2D eigenvalue weighted by Crippen LogP contribution is -2.64. The summed E-state index contributed by atoms with van der Waals surface area (Å²) in [6.07, 6.45) is 3.03. The van der Waals surface area contributed by atoms with E-state index in [1.807, 2.05) is 0 Å². The highest BCUT2D eigenvalue weighted by Crippen LogP contribution is 2.42. The third-order valence-corrected chi connectivity index (χ3v) is 6.75. The van der Waals surface area contributed by atoms with Gasteiger partial charge in [-0.15, -0.1) is 10.2 Å². The number of H-pyrrole nitrogens is 1. The summed E-state index contributed by atoms with van der Waals surface area (Å²) in [7, 11) is 1.62. The molecular weight excluding hydrogens is 435 g/mol. The van der Waals surface area contributed by atoms with Crippen molar-refractivity contribution in [3.8, 4) is 28.3 Å². The molecule has 2 fully saturated rings. The first kappa shape index (κ1) is 21.6. The zero-order chi connectivity index (χ0) is 23.2. The number of fused-ring (bicyclic) bond motifs is 2. The molecule has 0 amide bonds. The highest BCUT2D eigenvalue weighted by atomic mass is 19.4. The van der Waals surface area contributed by atoms with Crippen LogP contribution < -0.4 is 10.2 Å². The molecule has 3 N–H and O–H groups in total. The van der Waals surface area contributed by atoms with Crippen LogP contribution in [0.2, 0.25) is 0 Å². The Bertz CT molecular complexity index is 1100. The Morgan fingerprint density at radius 3 is 2.64 bits per heavy atom. The van der Waals surface area contributed by atoms with Gasteiger partial charge >= 0.3 is 6.18 Å². The monoisotopic (exact) mass is 459 g/mol. The van der Waals surface area contributed by atoms with E-state index < -0.39 is 24.2 Å². The zero-order valence-corrected chi connectivity index (χ0v) is 17.9. The summed E-state index contributed by atoms with van der Waals surface area (Å²) in [5.74, 6) is -1.05. The highest BCUT2D eigenvalue weighted by Gasteiger charge is 2.54. The molecule has 8 nitrogen and oxygen atoms in total. The fourth-order valence-corrected chi connectivity index (χ4v) is 5.11. The summed E-state index contributed by atoms with van der Waals surface area (Å²) in [5.41, 5.74) is 1.97. The van der Waals surface area contributed by atoms with Crippen molar-refractivity contribution in [2.75, 3.05) is 11.9 Å². The molecule has 174 valence electrons. The normalized spacial score (nSPS) is 25.1. The average molecular weight is 459 g/mol. The first-order valence-corrected chi connectivity index (χ1v) is 10.9. The first-order valence-electron chi connectivity index (χ1n) is 10.9. The van der Waals surface area contributed by atoms with Gasteiger partial charge < -0.3 is 15.3 Å². The van der Waals surface area contributed by atoms with Crippen LogP contribution in [0.3, 0.4) is 0 Å². The van der Waals surface area contributed by atoms with Crippen LogP contribution in [0.1, 0.15) is 25.7 Å². The largest absolute Gasteiger partial charge is 0.507 e. The van der Waals surface area contributed by atoms with Gasteiger partial charge in [-0.05, 0) is 37.0 Å². The van der Waals surface area contributed by atoms with Crippen molar-refractivity contribution < 1.29 is 18.3 Å². The van der Waals surface area contributed by atoms with Gasteiger partial charge in [0.2, 0.25) is 0 Å². The van der Waals surface area contributed by atoms with Crippen LogP contribution in [0.4, 0.5) is 19.0 Å². The van der Waals surface area contributed by atoms with Gasteiger partial charge in [-0.1, -0.05) is 12.5 Å².